The van der Waals surface area contributed by atoms with Crippen molar-refractivity contribution in [2.75, 3.05) is 44.4 Å². The van der Waals surface area contributed by atoms with Crippen LogP contribution in [0.3, 0.4) is 0 Å². The van der Waals surface area contributed by atoms with E-state index in [-0.39, 0.29) is 5.91 Å². The number of hydrogen-bond donors (Lipinski definition) is 1. The minimum atomic E-state index is -0.0757. The number of carbonyl (C=O) groups excluding carboxylic acids is 1. The lowest BCUT2D eigenvalue weighted by atomic mass is 10.1. The predicted molar refractivity (Wildman–Crippen MR) is 122 cm³/mol. The Morgan fingerprint density at radius 1 is 1.20 bits per heavy atom. The van der Waals surface area contributed by atoms with E-state index in [0.29, 0.717) is 34.6 Å². The number of amides is 1. The Kier molecular flexibility index (Phi) is 7.44. The van der Waals surface area contributed by atoms with Gasteiger partial charge in [0.1, 0.15) is 5.75 Å². The monoisotopic (exact) mass is 443 g/mol. The molecule has 1 aliphatic rings. The van der Waals surface area contributed by atoms with Gasteiger partial charge in [0.25, 0.3) is 5.91 Å². The van der Waals surface area contributed by atoms with Crippen molar-refractivity contribution in [1.29, 1.82) is 5.26 Å². The summed E-state index contributed by atoms with van der Waals surface area (Å²) in [4.78, 5) is 21.4. The molecule has 0 saturated carbocycles. The maximum atomic E-state index is 12.9. The summed E-state index contributed by atoms with van der Waals surface area (Å²) in [6, 6.07) is 12.9. The Balaban J connectivity index is 1.64. The van der Waals surface area contributed by atoms with Gasteiger partial charge in [-0.25, -0.2) is 4.99 Å². The first-order valence-corrected chi connectivity index (χ1v) is 10.9. The van der Waals surface area contributed by atoms with Gasteiger partial charge >= 0.3 is 0 Å². The normalized spacial score (nSPS) is 14.3. The third kappa shape index (κ3) is 5.17. The molecule has 7 nitrogen and oxygen atoms in total. The average Bonchev–Trinajstić information content (AvgIpc) is 2.79. The molecule has 0 atom stereocenters. The Labute approximate surface area is 185 Å². The zero-order chi connectivity index (χ0) is 21.5. The first-order valence-electron chi connectivity index (χ1n) is 9.31. The lowest BCUT2D eigenvalue weighted by Crippen LogP contribution is -2.48. The van der Waals surface area contributed by atoms with Gasteiger partial charge in [0.15, 0.2) is 11.4 Å². The number of methoxy groups -OCH3 is 1. The van der Waals surface area contributed by atoms with Crippen LogP contribution in [-0.4, -0.2) is 55.5 Å². The largest absolute Gasteiger partial charge is 0.496 e. The number of amidine groups is 1. The van der Waals surface area contributed by atoms with Crippen molar-refractivity contribution in [1.82, 2.24) is 10.2 Å². The summed E-state index contributed by atoms with van der Waals surface area (Å²) in [5, 5.41) is 12.3. The zero-order valence-corrected chi connectivity index (χ0v) is 18.3. The summed E-state index contributed by atoms with van der Waals surface area (Å²) in [5.74, 6) is 0.451. The quantitative estimate of drug-likeness (QED) is 0.335. The number of carbonyl (C=O) groups is 1. The highest BCUT2D eigenvalue weighted by Gasteiger charge is 2.24. The number of nitrogens with zero attached hydrogens (tertiary/aromatic N) is 4. The number of benzene rings is 2. The Morgan fingerprint density at radius 3 is 2.50 bits per heavy atom. The number of nitriles is 1. The number of nitrogens with one attached hydrogen (secondary N) is 1. The fourth-order valence-corrected chi connectivity index (χ4v) is 3.73. The molecule has 3 rings (SSSR count). The number of ether oxygens (including phenoxy) is 1. The molecule has 2 aromatic carbocycles. The molecule has 1 heterocycles. The SMILES string of the molecule is COc1ccc(Cl)cc1C(=O)N1CCN(c2ccc(N=C(NC#N)SC)cc2)CC1. The molecule has 1 amide bonds. The second-order valence-electron chi connectivity index (χ2n) is 6.50. The van der Waals surface area contributed by atoms with Crippen LogP contribution >= 0.6 is 23.4 Å². The highest BCUT2D eigenvalue weighted by atomic mass is 35.5. The number of halogens is 1. The first kappa shape index (κ1) is 21.8. The lowest BCUT2D eigenvalue weighted by molar-refractivity contribution is 0.0743. The molecule has 1 saturated heterocycles. The van der Waals surface area contributed by atoms with E-state index >= 15 is 0 Å². The van der Waals surface area contributed by atoms with E-state index in [1.54, 1.807) is 25.3 Å². The average molecular weight is 444 g/mol. The van der Waals surface area contributed by atoms with Crippen molar-refractivity contribution >= 4 is 45.8 Å². The number of rotatable bonds is 4. The predicted octanol–water partition coefficient (Wildman–Crippen LogP) is 3.73. The molecule has 0 aromatic heterocycles. The van der Waals surface area contributed by atoms with Crippen molar-refractivity contribution in [3.8, 4) is 11.9 Å². The molecule has 30 heavy (non-hydrogen) atoms. The molecule has 1 N–H and O–H groups in total. The van der Waals surface area contributed by atoms with E-state index in [9.17, 15) is 4.79 Å². The van der Waals surface area contributed by atoms with Gasteiger partial charge < -0.3 is 14.5 Å². The summed E-state index contributed by atoms with van der Waals surface area (Å²) in [6.45, 7) is 2.67. The summed E-state index contributed by atoms with van der Waals surface area (Å²) in [6.07, 6.45) is 3.74. The maximum Gasteiger partial charge on any atom is 0.257 e. The van der Waals surface area contributed by atoms with Crippen LogP contribution in [0.2, 0.25) is 5.02 Å². The van der Waals surface area contributed by atoms with Crippen LogP contribution in [0.5, 0.6) is 5.75 Å². The molecule has 0 spiro atoms. The number of thioether (sulfide) groups is 1. The molecule has 1 aliphatic heterocycles. The van der Waals surface area contributed by atoms with Gasteiger partial charge in [-0.1, -0.05) is 23.4 Å². The Bertz CT molecular complexity index is 966. The topological polar surface area (TPSA) is 81.0 Å². The van der Waals surface area contributed by atoms with E-state index in [0.717, 1.165) is 24.5 Å². The van der Waals surface area contributed by atoms with Crippen molar-refractivity contribution in [3.63, 3.8) is 0 Å². The maximum absolute atomic E-state index is 12.9. The van der Waals surface area contributed by atoms with Gasteiger partial charge in [0.2, 0.25) is 0 Å². The minimum Gasteiger partial charge on any atom is -0.496 e. The van der Waals surface area contributed by atoms with E-state index < -0.39 is 0 Å². The van der Waals surface area contributed by atoms with E-state index in [4.69, 9.17) is 21.6 Å². The molecule has 0 unspecified atom stereocenters. The summed E-state index contributed by atoms with van der Waals surface area (Å²) < 4.78 is 5.31. The van der Waals surface area contributed by atoms with E-state index in [1.165, 1.54) is 11.8 Å². The molecule has 156 valence electrons. The summed E-state index contributed by atoms with van der Waals surface area (Å²) in [5.41, 5.74) is 2.32. The van der Waals surface area contributed by atoms with Crippen molar-refractivity contribution in [2.24, 2.45) is 4.99 Å². The number of hydrogen-bond acceptors (Lipinski definition) is 6. The van der Waals surface area contributed by atoms with Gasteiger partial charge in [-0.2, -0.15) is 5.26 Å². The fraction of sp³-hybridized carbons (Fsp3) is 0.286. The molecule has 0 radical (unpaired) electrons. The smallest absolute Gasteiger partial charge is 0.257 e. The third-order valence-corrected chi connectivity index (χ3v) is 5.58. The molecular formula is C21H22ClN5O2S. The molecule has 0 aliphatic carbocycles. The van der Waals surface area contributed by atoms with Gasteiger partial charge in [-0.3, -0.25) is 10.1 Å². The van der Waals surface area contributed by atoms with Crippen molar-refractivity contribution in [2.45, 2.75) is 0 Å². The molecule has 9 heteroatoms. The van der Waals surface area contributed by atoms with Crippen LogP contribution in [-0.2, 0) is 0 Å². The van der Waals surface area contributed by atoms with E-state index in [2.05, 4.69) is 15.2 Å². The standard InChI is InChI=1S/C21H22ClN5O2S/c1-29-19-8-3-15(22)13-18(19)20(28)27-11-9-26(10-12-27)17-6-4-16(5-7-17)25-21(30-2)24-14-23/h3-8,13H,9-12H2,1-2H3,(H,24,25). The van der Waals surface area contributed by atoms with Crippen LogP contribution < -0.4 is 15.0 Å². The summed E-state index contributed by atoms with van der Waals surface area (Å²) >= 11 is 7.44. The van der Waals surface area contributed by atoms with E-state index in [1.807, 2.05) is 41.6 Å². The highest BCUT2D eigenvalue weighted by molar-refractivity contribution is 8.13. The van der Waals surface area contributed by atoms with Crippen molar-refractivity contribution < 1.29 is 9.53 Å². The van der Waals surface area contributed by atoms with Gasteiger partial charge in [-0.15, -0.1) is 0 Å². The second kappa shape index (κ2) is 10.2. The minimum absolute atomic E-state index is 0.0757. The number of piperazine rings is 1. The first-order chi connectivity index (χ1) is 14.5. The number of anilines is 1. The van der Waals surface area contributed by atoms with Crippen LogP contribution in [0.1, 0.15) is 10.4 Å². The highest BCUT2D eigenvalue weighted by Crippen LogP contribution is 2.26. The van der Waals surface area contributed by atoms with Crippen LogP contribution in [0.4, 0.5) is 11.4 Å². The zero-order valence-electron chi connectivity index (χ0n) is 16.8. The van der Waals surface area contributed by atoms with Gasteiger partial charge in [0, 0.05) is 36.9 Å². The van der Waals surface area contributed by atoms with Crippen molar-refractivity contribution in [3.05, 3.63) is 53.1 Å². The van der Waals surface area contributed by atoms with Crippen LogP contribution in [0.15, 0.2) is 47.5 Å². The Hall–Kier alpha value is -2.89. The summed E-state index contributed by atoms with van der Waals surface area (Å²) in [7, 11) is 1.55. The van der Waals surface area contributed by atoms with Crippen LogP contribution in [0, 0.1) is 11.5 Å². The Morgan fingerprint density at radius 2 is 1.90 bits per heavy atom. The number of aliphatic imine (C=N–C) groups is 1. The molecule has 2 aromatic rings. The van der Waals surface area contributed by atoms with Gasteiger partial charge in [0.05, 0.1) is 18.4 Å². The fourth-order valence-electron chi connectivity index (χ4n) is 3.21. The third-order valence-electron chi connectivity index (χ3n) is 4.76. The van der Waals surface area contributed by atoms with Crippen LogP contribution in [0.25, 0.3) is 0 Å². The molecule has 0 bridgehead atoms. The molecule has 1 fully saturated rings. The molecular weight excluding hydrogens is 422 g/mol. The second-order valence-corrected chi connectivity index (χ2v) is 7.73. The lowest BCUT2D eigenvalue weighted by Gasteiger charge is -2.36. The van der Waals surface area contributed by atoms with Gasteiger partial charge in [-0.05, 0) is 48.7 Å².